The van der Waals surface area contributed by atoms with Gasteiger partial charge in [-0.25, -0.2) is 8.42 Å². The highest BCUT2D eigenvalue weighted by Crippen LogP contribution is 2.18. The second kappa shape index (κ2) is 6.04. The number of rotatable bonds is 6. The first kappa shape index (κ1) is 14.8. The Kier molecular flexibility index (Phi) is 5.24. The van der Waals surface area contributed by atoms with Crippen LogP contribution in [0.25, 0.3) is 0 Å². The lowest BCUT2D eigenvalue weighted by Crippen LogP contribution is -2.34. The molecule has 5 nitrogen and oxygen atoms in total. The van der Waals surface area contributed by atoms with Gasteiger partial charge in [-0.3, -0.25) is 4.68 Å². The quantitative estimate of drug-likeness (QED) is 0.742. The molecule has 8 heteroatoms. The Morgan fingerprint density at radius 2 is 1.88 bits per heavy atom. The molecular weight excluding hydrogens is 285 g/mol. The summed E-state index contributed by atoms with van der Waals surface area (Å²) in [4.78, 5) is 0.204. The molecule has 1 aromatic rings. The molecule has 98 valence electrons. The Bertz CT molecular complexity index is 467. The fourth-order valence-corrected chi connectivity index (χ4v) is 3.76. The highest BCUT2D eigenvalue weighted by atomic mass is 35.5. The van der Waals surface area contributed by atoms with Crippen molar-refractivity contribution in [3.63, 3.8) is 0 Å². The van der Waals surface area contributed by atoms with Gasteiger partial charge in [-0.2, -0.15) is 9.40 Å². The second-order valence-electron chi connectivity index (χ2n) is 3.53. The predicted molar refractivity (Wildman–Crippen MR) is 68.1 cm³/mol. The van der Waals surface area contributed by atoms with Crippen molar-refractivity contribution < 1.29 is 8.42 Å². The fourth-order valence-electron chi connectivity index (χ4n) is 1.51. The molecule has 0 aromatic carbocycles. The average molecular weight is 300 g/mol. The van der Waals surface area contributed by atoms with Gasteiger partial charge in [0.05, 0.1) is 5.69 Å². The molecule has 0 saturated heterocycles. The standard InChI is InChI=1S/C9H15Cl2N3O2S/c1-8-9(7-13(2)12-8)17(15,16)14(5-3-10)6-4-11/h7H,3-6H2,1-2H3. The molecule has 1 aromatic heterocycles. The van der Waals surface area contributed by atoms with Crippen LogP contribution in [0.5, 0.6) is 0 Å². The highest BCUT2D eigenvalue weighted by molar-refractivity contribution is 7.89. The number of sulfonamides is 1. The molecule has 0 saturated carbocycles. The van der Waals surface area contributed by atoms with Gasteiger partial charge in [0, 0.05) is 38.1 Å². The number of hydrogen-bond acceptors (Lipinski definition) is 3. The van der Waals surface area contributed by atoms with E-state index in [1.807, 2.05) is 0 Å². The first-order chi connectivity index (χ1) is 7.93. The third-order valence-corrected chi connectivity index (χ3v) is 4.59. The van der Waals surface area contributed by atoms with Crippen LogP contribution in [-0.2, 0) is 17.1 Å². The maximum atomic E-state index is 12.3. The van der Waals surface area contributed by atoms with Crippen LogP contribution in [0.1, 0.15) is 5.69 Å². The lowest BCUT2D eigenvalue weighted by atomic mass is 10.5. The maximum Gasteiger partial charge on any atom is 0.246 e. The lowest BCUT2D eigenvalue weighted by molar-refractivity contribution is 0.448. The number of aromatic nitrogens is 2. The van der Waals surface area contributed by atoms with Crippen molar-refractivity contribution in [2.24, 2.45) is 7.05 Å². The van der Waals surface area contributed by atoms with Crippen molar-refractivity contribution >= 4 is 33.2 Å². The van der Waals surface area contributed by atoms with Gasteiger partial charge in [-0.05, 0) is 6.92 Å². The first-order valence-electron chi connectivity index (χ1n) is 5.05. The smallest absolute Gasteiger partial charge is 0.246 e. The zero-order valence-electron chi connectivity index (χ0n) is 9.73. The van der Waals surface area contributed by atoms with Crippen molar-refractivity contribution in [1.29, 1.82) is 0 Å². The first-order valence-corrected chi connectivity index (χ1v) is 7.56. The molecule has 0 amide bonds. The van der Waals surface area contributed by atoms with E-state index in [-0.39, 0.29) is 29.7 Å². The summed E-state index contributed by atoms with van der Waals surface area (Å²) in [5.41, 5.74) is 0.474. The third kappa shape index (κ3) is 3.34. The van der Waals surface area contributed by atoms with E-state index in [1.165, 1.54) is 15.2 Å². The summed E-state index contributed by atoms with van der Waals surface area (Å²) in [7, 11) is -1.87. The predicted octanol–water partition coefficient (Wildman–Crippen LogP) is 1.20. The van der Waals surface area contributed by atoms with Crippen molar-refractivity contribution in [3.8, 4) is 0 Å². The van der Waals surface area contributed by atoms with Crippen molar-refractivity contribution in [2.45, 2.75) is 11.8 Å². The second-order valence-corrected chi connectivity index (χ2v) is 6.20. The van der Waals surface area contributed by atoms with E-state index in [0.29, 0.717) is 5.69 Å². The van der Waals surface area contributed by atoms with E-state index < -0.39 is 10.0 Å². The molecule has 0 bridgehead atoms. The van der Waals surface area contributed by atoms with Crippen LogP contribution in [0, 0.1) is 6.92 Å². The zero-order chi connectivity index (χ0) is 13.1. The number of halogens is 2. The van der Waals surface area contributed by atoms with Gasteiger partial charge in [0.1, 0.15) is 4.90 Å². The van der Waals surface area contributed by atoms with E-state index in [9.17, 15) is 8.42 Å². The van der Waals surface area contributed by atoms with Crippen molar-refractivity contribution in [1.82, 2.24) is 14.1 Å². The van der Waals surface area contributed by atoms with Crippen LogP contribution in [0.4, 0.5) is 0 Å². The van der Waals surface area contributed by atoms with Gasteiger partial charge >= 0.3 is 0 Å². The summed E-state index contributed by atoms with van der Waals surface area (Å²) in [6.45, 7) is 2.14. The van der Waals surface area contributed by atoms with E-state index in [4.69, 9.17) is 23.2 Å². The third-order valence-electron chi connectivity index (χ3n) is 2.25. The van der Waals surface area contributed by atoms with Crippen LogP contribution in [0.3, 0.4) is 0 Å². The van der Waals surface area contributed by atoms with E-state index in [0.717, 1.165) is 0 Å². The zero-order valence-corrected chi connectivity index (χ0v) is 12.1. The minimum atomic E-state index is -3.55. The molecule has 0 aliphatic carbocycles. The summed E-state index contributed by atoms with van der Waals surface area (Å²) in [6.07, 6.45) is 1.49. The summed E-state index contributed by atoms with van der Waals surface area (Å²) in [5, 5.41) is 4.02. The van der Waals surface area contributed by atoms with Crippen LogP contribution in [-0.4, -0.2) is 47.4 Å². The Morgan fingerprint density at radius 3 is 2.24 bits per heavy atom. The largest absolute Gasteiger partial charge is 0.274 e. The Hall–Kier alpha value is -0.300. The molecule has 0 fully saturated rings. The average Bonchev–Trinajstić information content (AvgIpc) is 2.58. The van der Waals surface area contributed by atoms with Gasteiger partial charge in [-0.1, -0.05) is 0 Å². The van der Waals surface area contributed by atoms with Gasteiger partial charge in [0.15, 0.2) is 0 Å². The molecular formula is C9H15Cl2N3O2S. The highest BCUT2D eigenvalue weighted by Gasteiger charge is 2.27. The molecule has 17 heavy (non-hydrogen) atoms. The fraction of sp³-hybridized carbons (Fsp3) is 0.667. The molecule has 0 aliphatic heterocycles. The molecule has 0 unspecified atom stereocenters. The van der Waals surface area contributed by atoms with Crippen LogP contribution >= 0.6 is 23.2 Å². The van der Waals surface area contributed by atoms with Gasteiger partial charge in [-0.15, -0.1) is 23.2 Å². The molecule has 1 rings (SSSR count). The summed E-state index contributed by atoms with van der Waals surface area (Å²) >= 11 is 11.2. The van der Waals surface area contributed by atoms with Gasteiger partial charge in [0.25, 0.3) is 0 Å². The summed E-state index contributed by atoms with van der Waals surface area (Å²) in [5.74, 6) is 0.463. The molecule has 0 atom stereocenters. The van der Waals surface area contributed by atoms with E-state index >= 15 is 0 Å². The van der Waals surface area contributed by atoms with E-state index in [1.54, 1.807) is 14.0 Å². The normalized spacial score (nSPS) is 12.3. The number of aryl methyl sites for hydroxylation is 2. The van der Waals surface area contributed by atoms with E-state index in [2.05, 4.69) is 5.10 Å². The summed E-state index contributed by atoms with van der Waals surface area (Å²) < 4.78 is 27.4. The minimum Gasteiger partial charge on any atom is -0.274 e. The van der Waals surface area contributed by atoms with Crippen molar-refractivity contribution in [3.05, 3.63) is 11.9 Å². The maximum absolute atomic E-state index is 12.3. The Balaban J connectivity index is 3.11. The Morgan fingerprint density at radius 1 is 1.35 bits per heavy atom. The van der Waals surface area contributed by atoms with Crippen LogP contribution in [0.15, 0.2) is 11.1 Å². The lowest BCUT2D eigenvalue weighted by Gasteiger charge is -2.19. The number of nitrogens with zero attached hydrogens (tertiary/aromatic N) is 3. The Labute approximate surface area is 111 Å². The monoisotopic (exact) mass is 299 g/mol. The van der Waals surface area contributed by atoms with Crippen molar-refractivity contribution in [2.75, 3.05) is 24.8 Å². The minimum absolute atomic E-state index is 0.204. The molecule has 0 radical (unpaired) electrons. The molecule has 1 heterocycles. The molecule has 0 N–H and O–H groups in total. The topological polar surface area (TPSA) is 55.2 Å². The summed E-state index contributed by atoms with van der Waals surface area (Å²) in [6, 6.07) is 0. The number of hydrogen-bond donors (Lipinski definition) is 0. The van der Waals surface area contributed by atoms with Crippen LogP contribution in [0.2, 0.25) is 0 Å². The number of alkyl halides is 2. The molecule has 0 aliphatic rings. The van der Waals surface area contributed by atoms with Gasteiger partial charge in [0.2, 0.25) is 10.0 Å². The van der Waals surface area contributed by atoms with Gasteiger partial charge < -0.3 is 0 Å². The molecule has 0 spiro atoms. The van der Waals surface area contributed by atoms with Crippen LogP contribution < -0.4 is 0 Å². The SMILES string of the molecule is Cc1nn(C)cc1S(=O)(=O)N(CCCl)CCCl.